The molecule has 0 spiro atoms. The monoisotopic (exact) mass is 277 g/mol. The third-order valence-corrected chi connectivity index (χ3v) is 2.49. The largest absolute Gasteiger partial charge is 0.434 e. The second-order valence-electron chi connectivity index (χ2n) is 3.64. The van der Waals surface area contributed by atoms with Crippen molar-refractivity contribution in [3.8, 4) is 5.75 Å². The summed E-state index contributed by atoms with van der Waals surface area (Å²) >= 11 is 5.44. The summed E-state index contributed by atoms with van der Waals surface area (Å²) in [6, 6.07) is 5.93. The average Bonchev–Trinajstić information content (AvgIpc) is 2.28. The van der Waals surface area contributed by atoms with Crippen LogP contribution in [-0.4, -0.2) is 18.4 Å². The topological polar surface area (TPSA) is 38.3 Å². The van der Waals surface area contributed by atoms with E-state index in [9.17, 15) is 13.6 Å². The molecule has 0 aromatic heterocycles. The van der Waals surface area contributed by atoms with Crippen molar-refractivity contribution in [1.82, 2.24) is 5.32 Å². The van der Waals surface area contributed by atoms with Crippen LogP contribution in [0.5, 0.6) is 5.75 Å². The van der Waals surface area contributed by atoms with Gasteiger partial charge in [0.1, 0.15) is 5.75 Å². The highest BCUT2D eigenvalue weighted by atomic mass is 35.5. The first-order chi connectivity index (χ1) is 8.54. The maximum Gasteiger partial charge on any atom is 0.387 e. The average molecular weight is 278 g/mol. The van der Waals surface area contributed by atoms with Crippen LogP contribution in [0.25, 0.3) is 0 Å². The second-order valence-corrected chi connectivity index (χ2v) is 4.02. The predicted molar refractivity (Wildman–Crippen MR) is 65.0 cm³/mol. The van der Waals surface area contributed by atoms with E-state index in [4.69, 9.17) is 11.6 Å². The number of para-hydroxylation sites is 1. The lowest BCUT2D eigenvalue weighted by Crippen LogP contribution is -2.27. The van der Waals surface area contributed by atoms with Gasteiger partial charge in [-0.15, -0.1) is 11.6 Å². The molecule has 3 nitrogen and oxygen atoms in total. The third-order valence-electron chi connectivity index (χ3n) is 2.30. The molecule has 0 bridgehead atoms. The zero-order valence-electron chi connectivity index (χ0n) is 9.83. The van der Waals surface area contributed by atoms with E-state index in [-0.39, 0.29) is 24.0 Å². The quantitative estimate of drug-likeness (QED) is 0.812. The standard InChI is InChI=1S/C12H14ClF2NO2/c1-8(16-11(17)6-7-13)9-4-2-3-5-10(9)18-12(14)15/h2-5,8,12H,6-7H2,1H3,(H,16,17). The number of carbonyl (C=O) groups is 1. The van der Waals surface area contributed by atoms with Crippen molar-refractivity contribution < 1.29 is 18.3 Å². The van der Waals surface area contributed by atoms with E-state index in [0.29, 0.717) is 5.56 Å². The van der Waals surface area contributed by atoms with Gasteiger partial charge < -0.3 is 10.1 Å². The fourth-order valence-corrected chi connectivity index (χ4v) is 1.69. The fraction of sp³-hybridized carbons (Fsp3) is 0.417. The highest BCUT2D eigenvalue weighted by Gasteiger charge is 2.15. The van der Waals surface area contributed by atoms with Crippen molar-refractivity contribution in [1.29, 1.82) is 0 Å². The highest BCUT2D eigenvalue weighted by Crippen LogP contribution is 2.26. The Kier molecular flexibility index (Phi) is 5.85. The number of benzene rings is 1. The molecule has 18 heavy (non-hydrogen) atoms. The van der Waals surface area contributed by atoms with Gasteiger partial charge in [0.2, 0.25) is 5.91 Å². The van der Waals surface area contributed by atoms with Crippen LogP contribution in [-0.2, 0) is 4.79 Å². The van der Waals surface area contributed by atoms with E-state index < -0.39 is 12.7 Å². The van der Waals surface area contributed by atoms with Crippen LogP contribution in [0.3, 0.4) is 0 Å². The van der Waals surface area contributed by atoms with Crippen LogP contribution >= 0.6 is 11.6 Å². The molecule has 0 saturated carbocycles. The molecule has 1 aromatic rings. The van der Waals surface area contributed by atoms with Crippen LogP contribution in [0.1, 0.15) is 24.9 Å². The van der Waals surface area contributed by atoms with Crippen molar-refractivity contribution in [3.05, 3.63) is 29.8 Å². The number of alkyl halides is 3. The van der Waals surface area contributed by atoms with E-state index in [1.807, 2.05) is 0 Å². The minimum Gasteiger partial charge on any atom is -0.434 e. The van der Waals surface area contributed by atoms with Gasteiger partial charge in [-0.3, -0.25) is 4.79 Å². The Labute approximate surface area is 109 Å². The summed E-state index contributed by atoms with van der Waals surface area (Å²) in [7, 11) is 0. The van der Waals surface area contributed by atoms with E-state index in [2.05, 4.69) is 10.1 Å². The van der Waals surface area contributed by atoms with Crippen molar-refractivity contribution >= 4 is 17.5 Å². The molecular weight excluding hydrogens is 264 g/mol. The first-order valence-corrected chi connectivity index (χ1v) is 5.97. The molecule has 1 amide bonds. The first-order valence-electron chi connectivity index (χ1n) is 5.43. The van der Waals surface area contributed by atoms with Gasteiger partial charge in [-0.25, -0.2) is 0 Å². The van der Waals surface area contributed by atoms with E-state index >= 15 is 0 Å². The van der Waals surface area contributed by atoms with Crippen molar-refractivity contribution in [2.75, 3.05) is 5.88 Å². The Morgan fingerprint density at radius 1 is 1.44 bits per heavy atom. The van der Waals surface area contributed by atoms with Crippen molar-refractivity contribution in [2.45, 2.75) is 26.0 Å². The number of halogens is 3. The molecule has 1 rings (SSSR count). The lowest BCUT2D eigenvalue weighted by molar-refractivity contribution is -0.121. The van der Waals surface area contributed by atoms with E-state index in [0.717, 1.165) is 0 Å². The number of rotatable bonds is 6. The third kappa shape index (κ3) is 4.49. The molecule has 6 heteroatoms. The lowest BCUT2D eigenvalue weighted by atomic mass is 10.1. The Morgan fingerprint density at radius 2 is 2.11 bits per heavy atom. The number of amides is 1. The zero-order chi connectivity index (χ0) is 13.5. The van der Waals surface area contributed by atoms with Gasteiger partial charge >= 0.3 is 6.61 Å². The van der Waals surface area contributed by atoms with Gasteiger partial charge in [0.15, 0.2) is 0 Å². The molecule has 1 atom stereocenters. The molecule has 1 N–H and O–H groups in total. The van der Waals surface area contributed by atoms with Gasteiger partial charge in [-0.1, -0.05) is 18.2 Å². The number of hydrogen-bond donors (Lipinski definition) is 1. The smallest absolute Gasteiger partial charge is 0.387 e. The first kappa shape index (κ1) is 14.7. The van der Waals surface area contributed by atoms with Gasteiger partial charge in [-0.05, 0) is 13.0 Å². The van der Waals surface area contributed by atoms with Crippen LogP contribution in [0, 0.1) is 0 Å². The molecule has 0 saturated heterocycles. The molecule has 0 radical (unpaired) electrons. The molecular formula is C12H14ClF2NO2. The molecule has 1 aromatic carbocycles. The van der Waals surface area contributed by atoms with Crippen LogP contribution in [0.15, 0.2) is 24.3 Å². The summed E-state index contributed by atoms with van der Waals surface area (Å²) < 4.78 is 28.8. The van der Waals surface area contributed by atoms with E-state index in [1.54, 1.807) is 25.1 Å². The molecule has 0 heterocycles. The fourth-order valence-electron chi connectivity index (χ4n) is 1.52. The Balaban J connectivity index is 2.78. The molecule has 0 aliphatic heterocycles. The Hall–Kier alpha value is -1.36. The van der Waals surface area contributed by atoms with Crippen LogP contribution in [0.4, 0.5) is 8.78 Å². The summed E-state index contributed by atoms with van der Waals surface area (Å²) in [6.45, 7) is -1.20. The van der Waals surface area contributed by atoms with Gasteiger partial charge in [0.05, 0.1) is 6.04 Å². The molecule has 0 aliphatic rings. The summed E-state index contributed by atoms with van der Waals surface area (Å²) in [4.78, 5) is 11.4. The minimum absolute atomic E-state index is 0.0613. The van der Waals surface area contributed by atoms with Gasteiger partial charge in [-0.2, -0.15) is 8.78 Å². The van der Waals surface area contributed by atoms with Gasteiger partial charge in [0.25, 0.3) is 0 Å². The van der Waals surface area contributed by atoms with E-state index in [1.165, 1.54) is 6.07 Å². The maximum absolute atomic E-state index is 12.2. The number of hydrogen-bond acceptors (Lipinski definition) is 2. The zero-order valence-corrected chi connectivity index (χ0v) is 10.6. The summed E-state index contributed by atoms with van der Waals surface area (Å²) in [5.74, 6) is 0.0452. The molecule has 0 fully saturated rings. The maximum atomic E-state index is 12.2. The predicted octanol–water partition coefficient (Wildman–Crippen LogP) is 3.09. The SMILES string of the molecule is CC(NC(=O)CCCl)c1ccccc1OC(F)F. The second kappa shape index (κ2) is 7.16. The molecule has 100 valence electrons. The van der Waals surface area contributed by atoms with Gasteiger partial charge in [0, 0.05) is 17.9 Å². The highest BCUT2D eigenvalue weighted by molar-refractivity contribution is 6.18. The van der Waals surface area contributed by atoms with Crippen LogP contribution < -0.4 is 10.1 Å². The number of carbonyl (C=O) groups excluding carboxylic acids is 1. The Morgan fingerprint density at radius 3 is 2.72 bits per heavy atom. The summed E-state index contributed by atoms with van der Waals surface area (Å²) in [6.07, 6.45) is 0.184. The molecule has 1 unspecified atom stereocenters. The van der Waals surface area contributed by atoms with Crippen molar-refractivity contribution in [3.63, 3.8) is 0 Å². The minimum atomic E-state index is -2.89. The normalized spacial score (nSPS) is 12.3. The summed E-state index contributed by atoms with van der Waals surface area (Å²) in [5, 5.41) is 2.66. The van der Waals surface area contributed by atoms with Crippen molar-refractivity contribution in [2.24, 2.45) is 0 Å². The number of ether oxygens (including phenoxy) is 1. The summed E-state index contributed by atoms with van der Waals surface area (Å²) in [5.41, 5.74) is 0.501. The molecule has 0 aliphatic carbocycles. The number of nitrogens with one attached hydrogen (secondary N) is 1. The Bertz CT molecular complexity index is 401. The van der Waals surface area contributed by atoms with Crippen LogP contribution in [0.2, 0.25) is 0 Å². The lowest BCUT2D eigenvalue weighted by Gasteiger charge is -2.17.